The van der Waals surface area contributed by atoms with Gasteiger partial charge in [-0.1, -0.05) is 0 Å². The summed E-state index contributed by atoms with van der Waals surface area (Å²) in [5, 5.41) is 3.36. The monoisotopic (exact) mass is 211 g/mol. The SMILES string of the molecule is CN1CCC(N(C)C2CCNCC2)C1=O. The lowest BCUT2D eigenvalue weighted by Crippen LogP contribution is -2.48. The molecule has 0 aromatic heterocycles. The molecular weight excluding hydrogens is 190 g/mol. The van der Waals surface area contributed by atoms with Crippen LogP contribution in [0.1, 0.15) is 19.3 Å². The molecule has 86 valence electrons. The fraction of sp³-hybridized carbons (Fsp3) is 0.909. The van der Waals surface area contributed by atoms with Crippen LogP contribution in [0.5, 0.6) is 0 Å². The van der Waals surface area contributed by atoms with Crippen molar-refractivity contribution in [2.24, 2.45) is 0 Å². The molecule has 2 heterocycles. The third-order valence-electron chi connectivity index (χ3n) is 3.78. The van der Waals surface area contributed by atoms with E-state index in [0.717, 1.165) is 26.1 Å². The number of rotatable bonds is 2. The van der Waals surface area contributed by atoms with Gasteiger partial charge < -0.3 is 10.2 Å². The largest absolute Gasteiger partial charge is 0.344 e. The van der Waals surface area contributed by atoms with Gasteiger partial charge in [0.1, 0.15) is 0 Å². The van der Waals surface area contributed by atoms with Crippen molar-refractivity contribution < 1.29 is 4.79 Å². The fourth-order valence-corrected chi connectivity index (χ4v) is 2.65. The highest BCUT2D eigenvalue weighted by Gasteiger charge is 2.35. The van der Waals surface area contributed by atoms with E-state index in [0.29, 0.717) is 11.9 Å². The molecule has 0 spiro atoms. The molecule has 2 fully saturated rings. The van der Waals surface area contributed by atoms with Crippen LogP contribution in [0.15, 0.2) is 0 Å². The first-order valence-corrected chi connectivity index (χ1v) is 5.88. The molecule has 0 bridgehead atoms. The number of likely N-dealkylation sites (tertiary alicyclic amines) is 1. The Balaban J connectivity index is 1.94. The van der Waals surface area contributed by atoms with Crippen LogP contribution in [-0.4, -0.2) is 61.5 Å². The summed E-state index contributed by atoms with van der Waals surface area (Å²) in [6.07, 6.45) is 3.34. The zero-order valence-electron chi connectivity index (χ0n) is 9.70. The van der Waals surface area contributed by atoms with E-state index in [4.69, 9.17) is 0 Å². The second kappa shape index (κ2) is 4.49. The molecule has 2 saturated heterocycles. The fourth-order valence-electron chi connectivity index (χ4n) is 2.65. The van der Waals surface area contributed by atoms with Crippen molar-refractivity contribution >= 4 is 5.91 Å². The van der Waals surface area contributed by atoms with Crippen LogP contribution in [0, 0.1) is 0 Å². The number of nitrogens with zero attached hydrogens (tertiary/aromatic N) is 2. The van der Waals surface area contributed by atoms with Crippen molar-refractivity contribution in [3.8, 4) is 0 Å². The second-order valence-corrected chi connectivity index (χ2v) is 4.71. The Morgan fingerprint density at radius 1 is 1.33 bits per heavy atom. The Hall–Kier alpha value is -0.610. The third-order valence-corrected chi connectivity index (χ3v) is 3.78. The molecule has 2 rings (SSSR count). The van der Waals surface area contributed by atoms with E-state index >= 15 is 0 Å². The quantitative estimate of drug-likeness (QED) is 0.693. The number of nitrogens with one attached hydrogen (secondary N) is 1. The van der Waals surface area contributed by atoms with Crippen molar-refractivity contribution in [2.75, 3.05) is 33.7 Å². The lowest BCUT2D eigenvalue weighted by atomic mass is 10.0. The van der Waals surface area contributed by atoms with E-state index in [1.807, 2.05) is 11.9 Å². The summed E-state index contributed by atoms with van der Waals surface area (Å²) in [6.45, 7) is 3.09. The van der Waals surface area contributed by atoms with Gasteiger partial charge in [0.15, 0.2) is 0 Å². The first kappa shape index (κ1) is 10.9. The van der Waals surface area contributed by atoms with Crippen LogP contribution in [0.25, 0.3) is 0 Å². The Morgan fingerprint density at radius 2 is 2.00 bits per heavy atom. The van der Waals surface area contributed by atoms with Crippen LogP contribution >= 0.6 is 0 Å². The standard InChI is InChI=1S/C11H21N3O/c1-13-8-5-10(11(13)15)14(2)9-3-6-12-7-4-9/h9-10,12H,3-8H2,1-2H3. The van der Waals surface area contributed by atoms with Crippen LogP contribution < -0.4 is 5.32 Å². The Bertz CT molecular complexity index is 238. The number of carbonyl (C=O) groups excluding carboxylic acids is 1. The number of piperidine rings is 1. The average molecular weight is 211 g/mol. The van der Waals surface area contributed by atoms with E-state index in [9.17, 15) is 4.79 Å². The van der Waals surface area contributed by atoms with Crippen LogP contribution in [0.3, 0.4) is 0 Å². The number of hydrogen-bond acceptors (Lipinski definition) is 3. The Labute approximate surface area is 91.6 Å². The van der Waals surface area contributed by atoms with Crippen LogP contribution in [0.2, 0.25) is 0 Å². The Morgan fingerprint density at radius 3 is 2.53 bits per heavy atom. The minimum atomic E-state index is 0.137. The van der Waals surface area contributed by atoms with Crippen molar-refractivity contribution in [1.82, 2.24) is 15.1 Å². The average Bonchev–Trinajstić information content (AvgIpc) is 2.60. The van der Waals surface area contributed by atoms with Crippen LogP contribution in [0.4, 0.5) is 0 Å². The first-order chi connectivity index (χ1) is 7.20. The summed E-state index contributed by atoms with van der Waals surface area (Å²) in [7, 11) is 4.01. The van der Waals surface area contributed by atoms with Gasteiger partial charge in [-0.15, -0.1) is 0 Å². The molecule has 2 aliphatic rings. The third kappa shape index (κ3) is 2.16. The predicted molar refractivity (Wildman–Crippen MR) is 59.7 cm³/mol. The maximum atomic E-state index is 11.9. The molecule has 0 radical (unpaired) electrons. The minimum absolute atomic E-state index is 0.137. The summed E-state index contributed by atoms with van der Waals surface area (Å²) >= 11 is 0. The maximum absolute atomic E-state index is 11.9. The minimum Gasteiger partial charge on any atom is -0.344 e. The van der Waals surface area contributed by atoms with Gasteiger partial charge in [-0.2, -0.15) is 0 Å². The summed E-state index contributed by atoms with van der Waals surface area (Å²) in [6, 6.07) is 0.727. The van der Waals surface area contributed by atoms with Crippen LogP contribution in [-0.2, 0) is 4.79 Å². The molecule has 2 aliphatic heterocycles. The van der Waals surface area contributed by atoms with Gasteiger partial charge in [0.05, 0.1) is 6.04 Å². The van der Waals surface area contributed by atoms with Gasteiger partial charge in [-0.05, 0) is 39.4 Å². The van der Waals surface area contributed by atoms with Gasteiger partial charge in [0.2, 0.25) is 5.91 Å². The van der Waals surface area contributed by atoms with Gasteiger partial charge in [-0.25, -0.2) is 0 Å². The van der Waals surface area contributed by atoms with Crippen molar-refractivity contribution in [3.63, 3.8) is 0 Å². The zero-order chi connectivity index (χ0) is 10.8. The summed E-state index contributed by atoms with van der Waals surface area (Å²) in [5.74, 6) is 0.302. The molecule has 0 aromatic rings. The summed E-state index contributed by atoms with van der Waals surface area (Å²) < 4.78 is 0. The molecule has 4 heteroatoms. The highest BCUT2D eigenvalue weighted by Crippen LogP contribution is 2.20. The lowest BCUT2D eigenvalue weighted by molar-refractivity contribution is -0.131. The summed E-state index contributed by atoms with van der Waals surface area (Å²) in [5.41, 5.74) is 0. The molecule has 15 heavy (non-hydrogen) atoms. The predicted octanol–water partition coefficient (Wildman–Crippen LogP) is -0.0991. The highest BCUT2D eigenvalue weighted by atomic mass is 16.2. The van der Waals surface area contributed by atoms with Gasteiger partial charge in [0, 0.05) is 19.6 Å². The number of hydrogen-bond donors (Lipinski definition) is 1. The highest BCUT2D eigenvalue weighted by molar-refractivity contribution is 5.83. The molecule has 1 N–H and O–H groups in total. The number of carbonyl (C=O) groups is 1. The van der Waals surface area contributed by atoms with Gasteiger partial charge >= 0.3 is 0 Å². The van der Waals surface area contributed by atoms with E-state index in [-0.39, 0.29) is 6.04 Å². The molecule has 0 aliphatic carbocycles. The molecular formula is C11H21N3O. The van der Waals surface area contributed by atoms with Gasteiger partial charge in [-0.3, -0.25) is 9.69 Å². The normalized spacial score (nSPS) is 29.1. The summed E-state index contributed by atoms with van der Waals surface area (Å²) in [4.78, 5) is 16.0. The topological polar surface area (TPSA) is 35.6 Å². The van der Waals surface area contributed by atoms with Gasteiger partial charge in [0.25, 0.3) is 0 Å². The Kier molecular flexibility index (Phi) is 3.26. The van der Waals surface area contributed by atoms with Crippen molar-refractivity contribution in [2.45, 2.75) is 31.3 Å². The lowest BCUT2D eigenvalue weighted by Gasteiger charge is -2.34. The number of amides is 1. The first-order valence-electron chi connectivity index (χ1n) is 5.88. The number of likely N-dealkylation sites (N-methyl/N-ethyl adjacent to an activating group) is 2. The van der Waals surface area contributed by atoms with E-state index in [1.54, 1.807) is 0 Å². The maximum Gasteiger partial charge on any atom is 0.239 e. The smallest absolute Gasteiger partial charge is 0.239 e. The van der Waals surface area contributed by atoms with E-state index < -0.39 is 0 Å². The molecule has 4 nitrogen and oxygen atoms in total. The van der Waals surface area contributed by atoms with Crippen molar-refractivity contribution in [3.05, 3.63) is 0 Å². The molecule has 1 atom stereocenters. The molecule has 0 saturated carbocycles. The van der Waals surface area contributed by atoms with E-state index in [1.165, 1.54) is 12.8 Å². The molecule has 1 unspecified atom stereocenters. The van der Waals surface area contributed by atoms with Crippen molar-refractivity contribution in [1.29, 1.82) is 0 Å². The second-order valence-electron chi connectivity index (χ2n) is 4.71. The molecule has 1 amide bonds. The molecule has 0 aromatic carbocycles. The van der Waals surface area contributed by atoms with E-state index in [2.05, 4.69) is 17.3 Å². The zero-order valence-corrected chi connectivity index (χ0v) is 9.70.